The third-order valence-corrected chi connectivity index (χ3v) is 2.83. The van der Waals surface area contributed by atoms with Gasteiger partial charge < -0.3 is 10.5 Å². The van der Waals surface area contributed by atoms with E-state index in [2.05, 4.69) is 12.2 Å². The fraction of sp³-hybridized carbons (Fsp3) is 0.0714. The van der Waals surface area contributed by atoms with Crippen molar-refractivity contribution in [2.75, 3.05) is 0 Å². The van der Waals surface area contributed by atoms with E-state index < -0.39 is 17.5 Å². The lowest BCUT2D eigenvalue weighted by Crippen LogP contribution is -2.11. The molecule has 2 nitrogen and oxygen atoms in total. The van der Waals surface area contributed by atoms with Crippen molar-refractivity contribution >= 4 is 17.2 Å². The Balaban J connectivity index is 2.13. The molecule has 0 saturated carbocycles. The minimum absolute atomic E-state index is 0.0452. The van der Waals surface area contributed by atoms with Crippen LogP contribution in [0, 0.1) is 17.5 Å². The van der Waals surface area contributed by atoms with Crippen molar-refractivity contribution < 1.29 is 17.9 Å². The summed E-state index contributed by atoms with van der Waals surface area (Å²) in [6, 6.07) is 6.95. The maximum absolute atomic E-state index is 13.6. The van der Waals surface area contributed by atoms with E-state index in [4.69, 9.17) is 10.5 Å². The van der Waals surface area contributed by atoms with Crippen molar-refractivity contribution in [1.82, 2.24) is 0 Å². The van der Waals surface area contributed by atoms with Gasteiger partial charge in [-0.15, -0.1) is 0 Å². The molecule has 2 aromatic rings. The highest BCUT2D eigenvalue weighted by Crippen LogP contribution is 2.19. The second-order valence-corrected chi connectivity index (χ2v) is 4.47. The fourth-order valence-electron chi connectivity index (χ4n) is 1.60. The summed E-state index contributed by atoms with van der Waals surface area (Å²) in [5.74, 6) is -1.62. The molecular weight excluding hydrogens is 287 g/mol. The number of ether oxygens (including phenoxy) is 1. The van der Waals surface area contributed by atoms with E-state index >= 15 is 0 Å². The number of hydrogen-bond acceptors (Lipinski definition) is 2. The number of nitrogens with two attached hydrogens (primary N) is 1. The third-order valence-electron chi connectivity index (χ3n) is 2.61. The molecule has 0 fully saturated rings. The number of halogens is 3. The summed E-state index contributed by atoms with van der Waals surface area (Å²) < 4.78 is 45.1. The van der Waals surface area contributed by atoms with E-state index in [0.29, 0.717) is 0 Å². The van der Waals surface area contributed by atoms with Crippen LogP contribution < -0.4 is 10.5 Å². The largest absolute Gasteiger partial charge is 0.489 e. The number of thiocarbonyl (C=S) groups is 1. The molecule has 0 aromatic heterocycles. The van der Waals surface area contributed by atoms with Crippen molar-refractivity contribution in [2.45, 2.75) is 6.61 Å². The summed E-state index contributed by atoms with van der Waals surface area (Å²) in [7, 11) is 0. The van der Waals surface area contributed by atoms with Gasteiger partial charge in [0.15, 0.2) is 0 Å². The highest BCUT2D eigenvalue weighted by atomic mass is 32.1. The molecule has 20 heavy (non-hydrogen) atoms. The lowest BCUT2D eigenvalue weighted by atomic mass is 10.2. The van der Waals surface area contributed by atoms with Crippen LogP contribution in [0.3, 0.4) is 0 Å². The van der Waals surface area contributed by atoms with Crippen LogP contribution in [0.4, 0.5) is 13.2 Å². The summed E-state index contributed by atoms with van der Waals surface area (Å²) in [6.07, 6.45) is 0. The number of rotatable bonds is 4. The van der Waals surface area contributed by atoms with Gasteiger partial charge in [0.1, 0.15) is 34.8 Å². The van der Waals surface area contributed by atoms with Crippen LogP contribution >= 0.6 is 12.2 Å². The average Bonchev–Trinajstić information content (AvgIpc) is 2.39. The molecule has 6 heteroatoms. The van der Waals surface area contributed by atoms with Crippen molar-refractivity contribution in [3.8, 4) is 5.75 Å². The van der Waals surface area contributed by atoms with Crippen LogP contribution in [-0.4, -0.2) is 4.99 Å². The summed E-state index contributed by atoms with van der Waals surface area (Å²) in [6.45, 7) is -0.213. The Kier molecular flexibility index (Phi) is 4.24. The molecule has 0 bridgehead atoms. The van der Waals surface area contributed by atoms with Crippen LogP contribution in [0.15, 0.2) is 36.4 Å². The zero-order chi connectivity index (χ0) is 14.7. The molecule has 2 aromatic carbocycles. The van der Waals surface area contributed by atoms with Gasteiger partial charge in [-0.2, -0.15) is 0 Å². The van der Waals surface area contributed by atoms with Gasteiger partial charge in [-0.25, -0.2) is 13.2 Å². The first-order valence-electron chi connectivity index (χ1n) is 5.63. The standard InChI is InChI=1S/C14H10F3NOS/c15-9-1-4-12(16)8(5-9)7-19-10-2-3-11(14(18)20)13(17)6-10/h1-6H,7H2,(H2,18,20). The molecule has 0 heterocycles. The molecule has 2 N–H and O–H groups in total. The van der Waals surface area contributed by atoms with Gasteiger partial charge in [0.05, 0.1) is 0 Å². The van der Waals surface area contributed by atoms with Gasteiger partial charge in [-0.1, -0.05) is 12.2 Å². The van der Waals surface area contributed by atoms with Gasteiger partial charge >= 0.3 is 0 Å². The lowest BCUT2D eigenvalue weighted by Gasteiger charge is -2.09. The predicted octanol–water partition coefficient (Wildman–Crippen LogP) is 3.32. The van der Waals surface area contributed by atoms with Crippen LogP contribution in [0.5, 0.6) is 5.75 Å². The minimum atomic E-state index is -0.630. The Morgan fingerprint density at radius 3 is 2.45 bits per heavy atom. The van der Waals surface area contributed by atoms with Crippen molar-refractivity contribution in [3.63, 3.8) is 0 Å². The second kappa shape index (κ2) is 5.92. The topological polar surface area (TPSA) is 35.2 Å². The fourth-order valence-corrected chi connectivity index (χ4v) is 1.77. The summed E-state index contributed by atoms with van der Waals surface area (Å²) in [4.78, 5) is -0.0646. The van der Waals surface area contributed by atoms with Crippen molar-refractivity contribution in [2.24, 2.45) is 5.73 Å². The quantitative estimate of drug-likeness (QED) is 0.879. The molecule has 0 unspecified atom stereocenters. The van der Waals surface area contributed by atoms with Gasteiger partial charge in [-0.05, 0) is 30.3 Å². The van der Waals surface area contributed by atoms with Crippen LogP contribution in [0.25, 0.3) is 0 Å². The van der Waals surface area contributed by atoms with E-state index in [0.717, 1.165) is 24.3 Å². The van der Waals surface area contributed by atoms with Gasteiger partial charge in [-0.3, -0.25) is 0 Å². The molecule has 0 amide bonds. The Morgan fingerprint density at radius 1 is 1.05 bits per heavy atom. The number of hydrogen-bond donors (Lipinski definition) is 1. The maximum atomic E-state index is 13.6. The molecule has 0 aliphatic heterocycles. The molecule has 0 radical (unpaired) electrons. The zero-order valence-electron chi connectivity index (χ0n) is 10.2. The molecule has 0 aliphatic rings. The Labute approximate surface area is 119 Å². The van der Waals surface area contributed by atoms with E-state index in [1.807, 2.05) is 0 Å². The van der Waals surface area contributed by atoms with Gasteiger partial charge in [0, 0.05) is 17.2 Å². The van der Waals surface area contributed by atoms with E-state index in [9.17, 15) is 13.2 Å². The summed E-state index contributed by atoms with van der Waals surface area (Å²) in [5, 5.41) is 0. The van der Waals surface area contributed by atoms with Gasteiger partial charge in [0.25, 0.3) is 0 Å². The first-order valence-corrected chi connectivity index (χ1v) is 6.04. The minimum Gasteiger partial charge on any atom is -0.489 e. The SMILES string of the molecule is NC(=S)c1ccc(OCc2cc(F)ccc2F)cc1F. The molecule has 2 rings (SSSR count). The number of benzene rings is 2. The smallest absolute Gasteiger partial charge is 0.137 e. The predicted molar refractivity (Wildman–Crippen MR) is 73.0 cm³/mol. The maximum Gasteiger partial charge on any atom is 0.137 e. The zero-order valence-corrected chi connectivity index (χ0v) is 11.0. The Bertz CT molecular complexity index is 661. The molecule has 0 atom stereocenters. The summed E-state index contributed by atoms with van der Waals surface area (Å²) >= 11 is 4.67. The summed E-state index contributed by atoms with van der Waals surface area (Å²) in [5.41, 5.74) is 5.47. The third kappa shape index (κ3) is 3.27. The molecule has 0 spiro atoms. The first kappa shape index (κ1) is 14.3. The average molecular weight is 297 g/mol. The highest BCUT2D eigenvalue weighted by Gasteiger charge is 2.08. The molecule has 0 saturated heterocycles. The van der Waals surface area contributed by atoms with E-state index in [1.165, 1.54) is 12.1 Å². The Morgan fingerprint density at radius 2 is 1.80 bits per heavy atom. The lowest BCUT2D eigenvalue weighted by molar-refractivity contribution is 0.297. The normalized spacial score (nSPS) is 10.3. The van der Waals surface area contributed by atoms with Crippen LogP contribution in [0.1, 0.15) is 11.1 Å². The highest BCUT2D eigenvalue weighted by molar-refractivity contribution is 7.80. The van der Waals surface area contributed by atoms with E-state index in [1.54, 1.807) is 0 Å². The Hall–Kier alpha value is -2.08. The van der Waals surface area contributed by atoms with Crippen molar-refractivity contribution in [1.29, 1.82) is 0 Å². The van der Waals surface area contributed by atoms with E-state index in [-0.39, 0.29) is 28.5 Å². The van der Waals surface area contributed by atoms with Crippen LogP contribution in [-0.2, 0) is 6.61 Å². The van der Waals surface area contributed by atoms with Crippen molar-refractivity contribution in [3.05, 3.63) is 65.0 Å². The van der Waals surface area contributed by atoms with Gasteiger partial charge in [0.2, 0.25) is 0 Å². The second-order valence-electron chi connectivity index (χ2n) is 4.03. The molecule has 104 valence electrons. The monoisotopic (exact) mass is 297 g/mol. The molecule has 0 aliphatic carbocycles. The van der Waals surface area contributed by atoms with Crippen LogP contribution in [0.2, 0.25) is 0 Å². The molecular formula is C14H10F3NOS. The first-order chi connectivity index (χ1) is 9.47.